The van der Waals surface area contributed by atoms with Crippen LogP contribution < -0.4 is 11.1 Å². The summed E-state index contributed by atoms with van der Waals surface area (Å²) in [6, 6.07) is 2.53. The summed E-state index contributed by atoms with van der Waals surface area (Å²) in [5, 5.41) is 5.56. The zero-order valence-electron chi connectivity index (χ0n) is 9.65. The monoisotopic (exact) mass is 248 g/mol. The lowest BCUT2D eigenvalue weighted by Crippen LogP contribution is -2.23. The molecule has 3 N–H and O–H groups in total. The maximum Gasteiger partial charge on any atom is 0.222 e. The molecule has 1 aliphatic carbocycles. The Morgan fingerprint density at radius 3 is 2.88 bits per heavy atom. The first-order chi connectivity index (χ1) is 8.33. The van der Waals surface area contributed by atoms with Crippen molar-refractivity contribution in [3.63, 3.8) is 0 Å². The second-order valence-electron chi connectivity index (χ2n) is 4.54. The summed E-state index contributed by atoms with van der Waals surface area (Å²) in [6.45, 7) is 0. The van der Waals surface area contributed by atoms with Gasteiger partial charge in [-0.2, -0.15) is 4.98 Å². The molecule has 90 valence electrons. The first-order valence-electron chi connectivity index (χ1n) is 6.10. The van der Waals surface area contributed by atoms with E-state index < -0.39 is 0 Å². The molecule has 2 heterocycles. The summed E-state index contributed by atoms with van der Waals surface area (Å²) in [7, 11) is 0. The van der Waals surface area contributed by atoms with Gasteiger partial charge in [-0.15, -0.1) is 11.3 Å². The van der Waals surface area contributed by atoms with Gasteiger partial charge in [0.05, 0.1) is 10.2 Å². The van der Waals surface area contributed by atoms with Crippen LogP contribution in [0.1, 0.15) is 32.1 Å². The van der Waals surface area contributed by atoms with Gasteiger partial charge >= 0.3 is 0 Å². The predicted octanol–water partition coefficient (Wildman–Crippen LogP) is 3.02. The van der Waals surface area contributed by atoms with Crippen molar-refractivity contribution in [1.82, 2.24) is 9.97 Å². The summed E-state index contributed by atoms with van der Waals surface area (Å²) in [5.74, 6) is 1.27. The van der Waals surface area contributed by atoms with Crippen LogP contribution in [-0.4, -0.2) is 16.0 Å². The summed E-state index contributed by atoms with van der Waals surface area (Å²) >= 11 is 1.67. The Hall–Kier alpha value is -1.36. The Balaban J connectivity index is 1.90. The van der Waals surface area contributed by atoms with Gasteiger partial charge in [0.25, 0.3) is 0 Å². The SMILES string of the molecule is Nc1nc(NC2CCCCC2)c2sccc2n1. The molecule has 0 bridgehead atoms. The number of aromatic nitrogens is 2. The van der Waals surface area contributed by atoms with Crippen LogP contribution in [0.3, 0.4) is 0 Å². The van der Waals surface area contributed by atoms with Gasteiger partial charge in [-0.3, -0.25) is 0 Å². The Bertz CT molecular complexity index is 516. The predicted molar refractivity (Wildman–Crippen MR) is 72.3 cm³/mol. The van der Waals surface area contributed by atoms with Crippen LogP contribution in [0.15, 0.2) is 11.4 Å². The minimum Gasteiger partial charge on any atom is -0.368 e. The molecule has 0 saturated heterocycles. The summed E-state index contributed by atoms with van der Waals surface area (Å²) in [5.41, 5.74) is 6.68. The normalized spacial score (nSPS) is 17.4. The van der Waals surface area contributed by atoms with Crippen molar-refractivity contribution in [3.05, 3.63) is 11.4 Å². The fourth-order valence-electron chi connectivity index (χ4n) is 2.42. The van der Waals surface area contributed by atoms with E-state index in [9.17, 15) is 0 Å². The maximum absolute atomic E-state index is 5.73. The van der Waals surface area contributed by atoms with Crippen molar-refractivity contribution in [1.29, 1.82) is 0 Å². The molecule has 1 saturated carbocycles. The van der Waals surface area contributed by atoms with E-state index in [0.717, 1.165) is 16.0 Å². The number of nitrogens with one attached hydrogen (secondary N) is 1. The number of hydrogen-bond donors (Lipinski definition) is 2. The van der Waals surface area contributed by atoms with Gasteiger partial charge in [-0.05, 0) is 24.3 Å². The van der Waals surface area contributed by atoms with Crippen molar-refractivity contribution in [3.8, 4) is 0 Å². The zero-order chi connectivity index (χ0) is 11.7. The molecule has 0 unspecified atom stereocenters. The highest BCUT2D eigenvalue weighted by Gasteiger charge is 2.16. The Kier molecular flexibility index (Phi) is 2.84. The smallest absolute Gasteiger partial charge is 0.222 e. The zero-order valence-corrected chi connectivity index (χ0v) is 10.5. The number of fused-ring (bicyclic) bond motifs is 1. The second-order valence-corrected chi connectivity index (χ2v) is 5.46. The largest absolute Gasteiger partial charge is 0.368 e. The molecule has 0 aliphatic heterocycles. The lowest BCUT2D eigenvalue weighted by atomic mass is 9.95. The topological polar surface area (TPSA) is 63.8 Å². The third-order valence-electron chi connectivity index (χ3n) is 3.27. The van der Waals surface area contributed by atoms with Crippen LogP contribution in [0.25, 0.3) is 10.2 Å². The number of rotatable bonds is 2. The highest BCUT2D eigenvalue weighted by atomic mass is 32.1. The quantitative estimate of drug-likeness (QED) is 0.857. The van der Waals surface area contributed by atoms with Crippen LogP contribution >= 0.6 is 11.3 Å². The van der Waals surface area contributed by atoms with Crippen LogP contribution in [0, 0.1) is 0 Å². The Morgan fingerprint density at radius 2 is 2.06 bits per heavy atom. The molecule has 3 rings (SSSR count). The highest BCUT2D eigenvalue weighted by Crippen LogP contribution is 2.29. The number of nitrogens with zero attached hydrogens (tertiary/aromatic N) is 2. The van der Waals surface area contributed by atoms with Crippen LogP contribution in [0.4, 0.5) is 11.8 Å². The van der Waals surface area contributed by atoms with Gasteiger partial charge < -0.3 is 11.1 Å². The molecule has 17 heavy (non-hydrogen) atoms. The third-order valence-corrected chi connectivity index (χ3v) is 4.18. The molecule has 0 aromatic carbocycles. The van der Waals surface area contributed by atoms with Crippen molar-refractivity contribution in [2.24, 2.45) is 0 Å². The molecule has 0 spiro atoms. The number of thiophene rings is 1. The minimum absolute atomic E-state index is 0.356. The molecule has 4 nitrogen and oxygen atoms in total. The summed E-state index contributed by atoms with van der Waals surface area (Å²) in [6.07, 6.45) is 6.45. The molecule has 0 radical (unpaired) electrons. The Labute approximate surface area is 104 Å². The second kappa shape index (κ2) is 4.49. The van der Waals surface area contributed by atoms with Gasteiger partial charge in [0.15, 0.2) is 0 Å². The van der Waals surface area contributed by atoms with Crippen molar-refractivity contribution in [2.45, 2.75) is 38.1 Å². The van der Waals surface area contributed by atoms with Crippen molar-refractivity contribution in [2.75, 3.05) is 11.1 Å². The van der Waals surface area contributed by atoms with E-state index >= 15 is 0 Å². The lowest BCUT2D eigenvalue weighted by Gasteiger charge is -2.23. The first kappa shape index (κ1) is 10.8. The average molecular weight is 248 g/mol. The molecule has 2 aromatic rings. The molecule has 2 aromatic heterocycles. The number of nitrogens with two attached hydrogens (primary N) is 1. The van der Waals surface area contributed by atoms with Gasteiger partial charge in [-0.25, -0.2) is 4.98 Å². The fraction of sp³-hybridized carbons (Fsp3) is 0.500. The van der Waals surface area contributed by atoms with Gasteiger partial charge in [0, 0.05) is 6.04 Å². The van der Waals surface area contributed by atoms with E-state index in [1.165, 1.54) is 32.1 Å². The maximum atomic E-state index is 5.73. The molecule has 5 heteroatoms. The lowest BCUT2D eigenvalue weighted by molar-refractivity contribution is 0.462. The highest BCUT2D eigenvalue weighted by molar-refractivity contribution is 7.17. The van der Waals surface area contributed by atoms with E-state index in [1.54, 1.807) is 11.3 Å². The molecule has 0 amide bonds. The fourth-order valence-corrected chi connectivity index (χ4v) is 3.20. The van der Waals surface area contributed by atoms with E-state index in [0.29, 0.717) is 12.0 Å². The van der Waals surface area contributed by atoms with Crippen LogP contribution in [0.5, 0.6) is 0 Å². The van der Waals surface area contributed by atoms with Crippen molar-refractivity contribution >= 4 is 33.3 Å². The molecular weight excluding hydrogens is 232 g/mol. The molecular formula is C12H16N4S. The number of nitrogen functional groups attached to an aromatic ring is 1. The van der Waals surface area contributed by atoms with Crippen molar-refractivity contribution < 1.29 is 0 Å². The van der Waals surface area contributed by atoms with E-state index in [-0.39, 0.29) is 0 Å². The number of hydrogen-bond acceptors (Lipinski definition) is 5. The third kappa shape index (κ3) is 2.20. The first-order valence-corrected chi connectivity index (χ1v) is 6.98. The van der Waals surface area contributed by atoms with Gasteiger partial charge in [-0.1, -0.05) is 19.3 Å². The average Bonchev–Trinajstić information content (AvgIpc) is 2.78. The molecule has 1 aliphatic rings. The Morgan fingerprint density at radius 1 is 1.24 bits per heavy atom. The van der Waals surface area contributed by atoms with Gasteiger partial charge in [0.1, 0.15) is 5.82 Å². The van der Waals surface area contributed by atoms with E-state index in [1.807, 2.05) is 11.4 Å². The van der Waals surface area contributed by atoms with E-state index in [2.05, 4.69) is 15.3 Å². The molecule has 0 atom stereocenters. The summed E-state index contributed by atoms with van der Waals surface area (Å²) < 4.78 is 1.12. The van der Waals surface area contributed by atoms with E-state index in [4.69, 9.17) is 5.73 Å². The standard InChI is InChI=1S/C12H16N4S/c13-12-15-9-6-7-17-10(9)11(16-12)14-8-4-2-1-3-5-8/h6-8H,1-5H2,(H3,13,14,15,16). The van der Waals surface area contributed by atoms with Crippen LogP contribution in [0.2, 0.25) is 0 Å². The number of anilines is 2. The van der Waals surface area contributed by atoms with Gasteiger partial charge in [0.2, 0.25) is 5.95 Å². The van der Waals surface area contributed by atoms with Crippen LogP contribution in [-0.2, 0) is 0 Å². The summed E-state index contributed by atoms with van der Waals surface area (Å²) in [4.78, 5) is 8.56. The molecule has 1 fully saturated rings. The minimum atomic E-state index is 0.356.